The summed E-state index contributed by atoms with van der Waals surface area (Å²) >= 11 is 0. The van der Waals surface area contributed by atoms with Crippen molar-refractivity contribution in [3.05, 3.63) is 0 Å². The first-order valence-electron chi connectivity index (χ1n) is 4.52. The molecular formula is C9H16O3. The molecule has 1 unspecified atom stereocenters. The normalized spacial score (nSPS) is 32.8. The van der Waals surface area contributed by atoms with Crippen LogP contribution in [-0.2, 0) is 4.79 Å². The predicted octanol–water partition coefficient (Wildman–Crippen LogP) is 1.26. The minimum Gasteiger partial charge on any atom is -0.481 e. The van der Waals surface area contributed by atoms with Crippen molar-refractivity contribution in [3.8, 4) is 0 Å². The molecule has 1 aliphatic carbocycles. The van der Waals surface area contributed by atoms with Crippen LogP contribution in [0.2, 0.25) is 0 Å². The molecule has 3 nitrogen and oxygen atoms in total. The largest absolute Gasteiger partial charge is 0.481 e. The Balaban J connectivity index is 2.34. The van der Waals surface area contributed by atoms with Crippen molar-refractivity contribution >= 4 is 5.97 Å². The van der Waals surface area contributed by atoms with Crippen LogP contribution in [0.1, 0.15) is 32.6 Å². The second-order valence-electron chi connectivity index (χ2n) is 3.69. The van der Waals surface area contributed by atoms with Crippen LogP contribution >= 0.6 is 0 Å². The van der Waals surface area contributed by atoms with Gasteiger partial charge in [0.25, 0.3) is 0 Å². The highest BCUT2D eigenvalue weighted by Crippen LogP contribution is 2.30. The number of carbonyl (C=O) groups is 1. The number of hydrogen-bond donors (Lipinski definition) is 2. The molecule has 0 aliphatic heterocycles. The lowest BCUT2D eigenvalue weighted by molar-refractivity contribution is -0.143. The molecule has 2 N–H and O–H groups in total. The molecule has 0 radical (unpaired) electrons. The van der Waals surface area contributed by atoms with Gasteiger partial charge in [-0.2, -0.15) is 0 Å². The first-order valence-corrected chi connectivity index (χ1v) is 4.52. The summed E-state index contributed by atoms with van der Waals surface area (Å²) in [6.07, 6.45) is 2.89. The van der Waals surface area contributed by atoms with E-state index in [1.807, 2.05) is 0 Å². The zero-order valence-corrected chi connectivity index (χ0v) is 7.36. The number of aliphatic hydroxyl groups excluding tert-OH is 1. The van der Waals surface area contributed by atoms with Gasteiger partial charge < -0.3 is 10.2 Å². The van der Waals surface area contributed by atoms with E-state index in [1.54, 1.807) is 6.92 Å². The number of carboxylic acid groups (broad SMARTS) is 1. The molecule has 0 bridgehead atoms. The lowest BCUT2D eigenvalue weighted by Crippen LogP contribution is -2.26. The van der Waals surface area contributed by atoms with Gasteiger partial charge in [0.1, 0.15) is 0 Å². The Morgan fingerprint density at radius 3 is 2.17 bits per heavy atom. The van der Waals surface area contributed by atoms with Gasteiger partial charge in [0.15, 0.2) is 0 Å². The standard InChI is InChI=1S/C9H16O3/c1-6(10)7-2-4-8(5-3-7)9(11)12/h6-8,10H,2-5H2,1H3,(H,11,12)/t6?,7-,8-. The molecule has 0 saturated heterocycles. The average Bonchev–Trinajstić information content (AvgIpc) is 2.04. The van der Waals surface area contributed by atoms with Gasteiger partial charge in [-0.25, -0.2) is 0 Å². The number of hydrogen-bond acceptors (Lipinski definition) is 2. The van der Waals surface area contributed by atoms with Crippen LogP contribution in [0.3, 0.4) is 0 Å². The molecule has 3 heteroatoms. The van der Waals surface area contributed by atoms with Crippen LogP contribution < -0.4 is 0 Å². The van der Waals surface area contributed by atoms with Gasteiger partial charge in [-0.15, -0.1) is 0 Å². The second-order valence-corrected chi connectivity index (χ2v) is 3.69. The number of aliphatic carboxylic acids is 1. The predicted molar refractivity (Wildman–Crippen MR) is 44.8 cm³/mol. The smallest absolute Gasteiger partial charge is 0.306 e. The zero-order valence-electron chi connectivity index (χ0n) is 7.36. The Morgan fingerprint density at radius 2 is 1.83 bits per heavy atom. The van der Waals surface area contributed by atoms with Crippen LogP contribution in [0, 0.1) is 11.8 Å². The van der Waals surface area contributed by atoms with Crippen molar-refractivity contribution in [1.82, 2.24) is 0 Å². The first-order chi connectivity index (χ1) is 5.61. The molecule has 1 saturated carbocycles. The topological polar surface area (TPSA) is 57.5 Å². The summed E-state index contributed by atoms with van der Waals surface area (Å²) in [6.45, 7) is 1.78. The number of carboxylic acids is 1. The second kappa shape index (κ2) is 3.90. The van der Waals surface area contributed by atoms with Gasteiger partial charge in [-0.05, 0) is 38.5 Å². The summed E-state index contributed by atoms with van der Waals surface area (Å²) in [5.74, 6) is -0.528. The minimum atomic E-state index is -0.681. The van der Waals surface area contributed by atoms with Crippen LogP contribution in [0.25, 0.3) is 0 Å². The van der Waals surface area contributed by atoms with E-state index in [2.05, 4.69) is 0 Å². The van der Waals surface area contributed by atoms with Crippen LogP contribution in [0.4, 0.5) is 0 Å². The van der Waals surface area contributed by atoms with Crippen molar-refractivity contribution in [2.24, 2.45) is 11.8 Å². The summed E-state index contributed by atoms with van der Waals surface area (Å²) in [6, 6.07) is 0. The summed E-state index contributed by atoms with van der Waals surface area (Å²) in [5.41, 5.74) is 0. The van der Waals surface area contributed by atoms with E-state index in [-0.39, 0.29) is 12.0 Å². The van der Waals surface area contributed by atoms with Crippen molar-refractivity contribution in [1.29, 1.82) is 0 Å². The van der Waals surface area contributed by atoms with Gasteiger partial charge in [-0.1, -0.05) is 0 Å². The Labute approximate surface area is 72.4 Å². The van der Waals surface area contributed by atoms with E-state index in [0.717, 1.165) is 25.7 Å². The third kappa shape index (κ3) is 2.21. The first kappa shape index (κ1) is 9.52. The van der Waals surface area contributed by atoms with Crippen molar-refractivity contribution in [2.45, 2.75) is 38.7 Å². The molecule has 0 spiro atoms. The molecule has 0 aromatic rings. The highest BCUT2D eigenvalue weighted by Gasteiger charge is 2.27. The van der Waals surface area contributed by atoms with E-state index < -0.39 is 5.97 Å². The maximum absolute atomic E-state index is 10.6. The lowest BCUT2D eigenvalue weighted by Gasteiger charge is -2.27. The summed E-state index contributed by atoms with van der Waals surface area (Å²) in [7, 11) is 0. The summed E-state index contributed by atoms with van der Waals surface area (Å²) < 4.78 is 0. The van der Waals surface area contributed by atoms with Gasteiger partial charge in [0.05, 0.1) is 12.0 Å². The molecule has 1 rings (SSSR count). The van der Waals surface area contributed by atoms with E-state index in [0.29, 0.717) is 5.92 Å². The zero-order chi connectivity index (χ0) is 9.14. The van der Waals surface area contributed by atoms with Crippen molar-refractivity contribution in [2.75, 3.05) is 0 Å². The quantitative estimate of drug-likeness (QED) is 0.659. The van der Waals surface area contributed by atoms with Crippen molar-refractivity contribution in [3.63, 3.8) is 0 Å². The average molecular weight is 172 g/mol. The molecule has 0 aromatic heterocycles. The molecule has 70 valence electrons. The Hall–Kier alpha value is -0.570. The molecule has 1 fully saturated rings. The number of aliphatic hydroxyl groups is 1. The maximum Gasteiger partial charge on any atom is 0.306 e. The highest BCUT2D eigenvalue weighted by atomic mass is 16.4. The van der Waals surface area contributed by atoms with E-state index in [1.165, 1.54) is 0 Å². The van der Waals surface area contributed by atoms with Crippen LogP contribution in [0.15, 0.2) is 0 Å². The van der Waals surface area contributed by atoms with Gasteiger partial charge in [0, 0.05) is 0 Å². The Morgan fingerprint density at radius 1 is 1.33 bits per heavy atom. The molecule has 0 aromatic carbocycles. The highest BCUT2D eigenvalue weighted by molar-refractivity contribution is 5.69. The fraction of sp³-hybridized carbons (Fsp3) is 0.889. The summed E-state index contributed by atoms with van der Waals surface area (Å²) in [4.78, 5) is 10.6. The Bertz CT molecular complexity index is 157. The van der Waals surface area contributed by atoms with Gasteiger partial charge in [0.2, 0.25) is 0 Å². The van der Waals surface area contributed by atoms with Gasteiger partial charge in [-0.3, -0.25) is 4.79 Å². The third-order valence-corrected chi connectivity index (χ3v) is 2.80. The monoisotopic (exact) mass is 172 g/mol. The summed E-state index contributed by atoms with van der Waals surface area (Å²) in [5, 5.41) is 18.0. The molecular weight excluding hydrogens is 156 g/mol. The van der Waals surface area contributed by atoms with E-state index >= 15 is 0 Å². The van der Waals surface area contributed by atoms with Crippen molar-refractivity contribution < 1.29 is 15.0 Å². The third-order valence-electron chi connectivity index (χ3n) is 2.80. The van der Waals surface area contributed by atoms with Crippen LogP contribution in [-0.4, -0.2) is 22.3 Å². The van der Waals surface area contributed by atoms with Gasteiger partial charge >= 0.3 is 5.97 Å². The molecule has 1 atom stereocenters. The maximum atomic E-state index is 10.6. The van der Waals surface area contributed by atoms with E-state index in [4.69, 9.17) is 5.11 Å². The molecule has 0 heterocycles. The lowest BCUT2D eigenvalue weighted by atomic mass is 9.80. The van der Waals surface area contributed by atoms with Crippen LogP contribution in [0.5, 0.6) is 0 Å². The van der Waals surface area contributed by atoms with E-state index in [9.17, 15) is 9.90 Å². The number of rotatable bonds is 2. The minimum absolute atomic E-state index is 0.167. The molecule has 12 heavy (non-hydrogen) atoms. The fourth-order valence-corrected chi connectivity index (χ4v) is 1.85. The molecule has 0 amide bonds. The SMILES string of the molecule is CC(O)[C@H]1CC[C@H](C(=O)O)CC1. The molecule has 1 aliphatic rings. The fourth-order valence-electron chi connectivity index (χ4n) is 1.85. The Kier molecular flexibility index (Phi) is 3.09.